The Morgan fingerprint density at radius 3 is 2.26 bits per heavy atom. The molecule has 0 bridgehead atoms. The van der Waals surface area contributed by atoms with Crippen LogP contribution in [0.1, 0.15) is 11.4 Å². The third-order valence-corrected chi connectivity index (χ3v) is 4.93. The lowest BCUT2D eigenvalue weighted by Crippen LogP contribution is -2.06. The average molecular weight is 441 g/mol. The predicted octanol–water partition coefficient (Wildman–Crippen LogP) is 4.38. The van der Waals surface area contributed by atoms with E-state index in [1.807, 2.05) is 17.8 Å². The molecule has 1 aromatic carbocycles. The van der Waals surface area contributed by atoms with Crippen molar-refractivity contribution >= 4 is 41.4 Å². The van der Waals surface area contributed by atoms with E-state index in [2.05, 4.69) is 38.1 Å². The van der Waals surface area contributed by atoms with Crippen molar-refractivity contribution in [1.82, 2.24) is 19.5 Å². The summed E-state index contributed by atoms with van der Waals surface area (Å²) in [5.74, 6) is 2.55. The molecule has 0 amide bonds. The summed E-state index contributed by atoms with van der Waals surface area (Å²) in [5, 5.41) is 4.05. The van der Waals surface area contributed by atoms with Crippen LogP contribution in [0.4, 0.5) is 17.3 Å². The topological polar surface area (TPSA) is 95.4 Å². The Bertz CT molecular complexity index is 1100. The summed E-state index contributed by atoms with van der Waals surface area (Å²) in [6, 6.07) is 3.52. The van der Waals surface area contributed by atoms with Crippen LogP contribution in [0.3, 0.4) is 0 Å². The largest absolute Gasteiger partial charge is 0.497 e. The third-order valence-electron chi connectivity index (χ3n) is 4.21. The van der Waals surface area contributed by atoms with Gasteiger partial charge in [-0.1, -0.05) is 13.2 Å². The van der Waals surface area contributed by atoms with Gasteiger partial charge in [-0.2, -0.15) is 0 Å². The number of methoxy groups -OCH3 is 3. The van der Waals surface area contributed by atoms with Gasteiger partial charge in [0.2, 0.25) is 0 Å². The SMILES string of the molecule is C=Cc1nc(NSc2cn(C)cn2)c(Nc2cc(OC)cc(OC)c2OC)nc1C=C. The Morgan fingerprint density at radius 2 is 1.71 bits per heavy atom. The highest BCUT2D eigenvalue weighted by Gasteiger charge is 2.18. The number of hydrogen-bond acceptors (Lipinski definition) is 9. The molecule has 9 nitrogen and oxygen atoms in total. The standard InChI is InChI=1S/C21H24N6O3S/c1-7-14-15(8-2)24-21(26-31-18-11-27(3)12-22-18)20(23-14)25-16-9-13(28-4)10-17(29-5)19(16)30-6/h7-12H,1-2H2,3-6H3,(H,23,25)(H,24,26). The van der Waals surface area contributed by atoms with Crippen LogP contribution >= 0.6 is 11.9 Å². The number of benzene rings is 1. The third kappa shape index (κ3) is 4.92. The molecule has 0 aliphatic heterocycles. The quantitative estimate of drug-likeness (QED) is 0.445. The molecule has 3 aromatic rings. The summed E-state index contributed by atoms with van der Waals surface area (Å²) in [4.78, 5) is 13.6. The fourth-order valence-corrected chi connectivity index (χ4v) is 3.40. The van der Waals surface area contributed by atoms with Gasteiger partial charge in [0, 0.05) is 37.3 Å². The Hall–Kier alpha value is -3.66. The molecule has 31 heavy (non-hydrogen) atoms. The van der Waals surface area contributed by atoms with Gasteiger partial charge in [0.15, 0.2) is 23.1 Å². The number of rotatable bonds is 10. The van der Waals surface area contributed by atoms with Gasteiger partial charge >= 0.3 is 0 Å². The molecule has 0 spiro atoms. The van der Waals surface area contributed by atoms with Crippen molar-refractivity contribution in [2.45, 2.75) is 5.03 Å². The smallest absolute Gasteiger partial charge is 0.184 e. The minimum Gasteiger partial charge on any atom is -0.497 e. The van der Waals surface area contributed by atoms with Crippen LogP contribution in [0.5, 0.6) is 17.2 Å². The number of aromatic nitrogens is 4. The maximum atomic E-state index is 5.55. The van der Waals surface area contributed by atoms with E-state index in [0.717, 1.165) is 5.03 Å². The van der Waals surface area contributed by atoms with Gasteiger partial charge < -0.3 is 28.8 Å². The van der Waals surface area contributed by atoms with E-state index in [9.17, 15) is 0 Å². The van der Waals surface area contributed by atoms with Gasteiger partial charge in [-0.3, -0.25) is 0 Å². The second-order valence-corrected chi connectivity index (χ2v) is 7.04. The number of nitrogens with zero attached hydrogens (tertiary/aromatic N) is 4. The summed E-state index contributed by atoms with van der Waals surface area (Å²) in [6.07, 6.45) is 6.85. The van der Waals surface area contributed by atoms with Crippen molar-refractivity contribution in [3.63, 3.8) is 0 Å². The van der Waals surface area contributed by atoms with E-state index in [1.165, 1.54) is 11.9 Å². The van der Waals surface area contributed by atoms with Crippen LogP contribution in [0.15, 0.2) is 42.8 Å². The lowest BCUT2D eigenvalue weighted by Gasteiger charge is -2.18. The highest BCUT2D eigenvalue weighted by Crippen LogP contribution is 2.41. The summed E-state index contributed by atoms with van der Waals surface area (Å²) in [7, 11) is 6.61. The monoisotopic (exact) mass is 440 g/mol. The first-order valence-electron chi connectivity index (χ1n) is 9.17. The van der Waals surface area contributed by atoms with Crippen LogP contribution in [0.2, 0.25) is 0 Å². The number of ether oxygens (including phenoxy) is 3. The molecule has 2 N–H and O–H groups in total. The number of hydrogen-bond donors (Lipinski definition) is 2. The van der Waals surface area contributed by atoms with Crippen molar-refractivity contribution in [2.24, 2.45) is 7.05 Å². The zero-order chi connectivity index (χ0) is 22.4. The fraction of sp³-hybridized carbons (Fsp3) is 0.190. The lowest BCUT2D eigenvalue weighted by molar-refractivity contribution is 0.350. The van der Waals surface area contributed by atoms with Crippen molar-refractivity contribution < 1.29 is 14.2 Å². The molecule has 3 rings (SSSR count). The van der Waals surface area contributed by atoms with Gasteiger partial charge in [0.05, 0.1) is 44.7 Å². The second-order valence-electron chi connectivity index (χ2n) is 6.22. The molecule has 0 saturated heterocycles. The molecule has 2 aromatic heterocycles. The number of anilines is 3. The average Bonchev–Trinajstić information content (AvgIpc) is 3.22. The van der Waals surface area contributed by atoms with Gasteiger partial charge in [0.1, 0.15) is 10.8 Å². The normalized spacial score (nSPS) is 10.3. The van der Waals surface area contributed by atoms with E-state index in [-0.39, 0.29) is 0 Å². The maximum Gasteiger partial charge on any atom is 0.184 e. The molecule has 0 saturated carbocycles. The highest BCUT2D eigenvalue weighted by atomic mass is 32.2. The number of nitrogens with one attached hydrogen (secondary N) is 2. The molecule has 0 aliphatic carbocycles. The Balaban J connectivity index is 2.04. The lowest BCUT2D eigenvalue weighted by atomic mass is 10.2. The molecule has 0 fully saturated rings. The first kappa shape index (κ1) is 22.0. The fourth-order valence-electron chi connectivity index (χ4n) is 2.74. The zero-order valence-corrected chi connectivity index (χ0v) is 18.6. The Kier molecular flexibility index (Phi) is 7.03. The molecule has 0 atom stereocenters. The zero-order valence-electron chi connectivity index (χ0n) is 17.8. The number of aryl methyl sites for hydroxylation is 1. The maximum absolute atomic E-state index is 5.55. The predicted molar refractivity (Wildman–Crippen MR) is 124 cm³/mol. The van der Waals surface area contributed by atoms with E-state index < -0.39 is 0 Å². The summed E-state index contributed by atoms with van der Waals surface area (Å²) < 4.78 is 21.4. The van der Waals surface area contributed by atoms with E-state index in [0.29, 0.717) is 46.0 Å². The van der Waals surface area contributed by atoms with Crippen molar-refractivity contribution in [3.8, 4) is 17.2 Å². The van der Waals surface area contributed by atoms with Crippen LogP contribution in [0.25, 0.3) is 12.2 Å². The van der Waals surface area contributed by atoms with Gasteiger partial charge in [-0.15, -0.1) is 0 Å². The first-order chi connectivity index (χ1) is 15.0. The van der Waals surface area contributed by atoms with Crippen LogP contribution in [-0.2, 0) is 7.05 Å². The molecule has 2 heterocycles. The Labute approximate surface area is 185 Å². The molecular formula is C21H24N6O3S. The van der Waals surface area contributed by atoms with Crippen LogP contribution in [0, 0.1) is 0 Å². The summed E-state index contributed by atoms with van der Waals surface area (Å²) in [5.41, 5.74) is 1.78. The van der Waals surface area contributed by atoms with Crippen LogP contribution < -0.4 is 24.2 Å². The summed E-state index contributed by atoms with van der Waals surface area (Å²) >= 11 is 1.31. The number of imidazole rings is 1. The van der Waals surface area contributed by atoms with Crippen molar-refractivity contribution in [3.05, 3.63) is 49.2 Å². The van der Waals surface area contributed by atoms with Crippen molar-refractivity contribution in [2.75, 3.05) is 31.4 Å². The van der Waals surface area contributed by atoms with Gasteiger partial charge in [-0.25, -0.2) is 15.0 Å². The van der Waals surface area contributed by atoms with E-state index >= 15 is 0 Å². The van der Waals surface area contributed by atoms with E-state index in [1.54, 1.807) is 51.9 Å². The minimum atomic E-state index is 0.456. The van der Waals surface area contributed by atoms with Crippen LogP contribution in [-0.4, -0.2) is 40.8 Å². The second kappa shape index (κ2) is 9.90. The van der Waals surface area contributed by atoms with Gasteiger partial charge in [-0.05, 0) is 12.2 Å². The van der Waals surface area contributed by atoms with E-state index in [4.69, 9.17) is 14.2 Å². The van der Waals surface area contributed by atoms with Crippen molar-refractivity contribution in [1.29, 1.82) is 0 Å². The molecule has 0 radical (unpaired) electrons. The molecule has 10 heteroatoms. The van der Waals surface area contributed by atoms with Gasteiger partial charge in [0.25, 0.3) is 0 Å². The Morgan fingerprint density at radius 1 is 1.00 bits per heavy atom. The first-order valence-corrected chi connectivity index (χ1v) is 9.99. The molecular weight excluding hydrogens is 416 g/mol. The molecule has 0 unspecified atom stereocenters. The summed E-state index contributed by atoms with van der Waals surface area (Å²) in [6.45, 7) is 7.64. The molecule has 162 valence electrons. The minimum absolute atomic E-state index is 0.456. The molecule has 0 aliphatic rings. The highest BCUT2D eigenvalue weighted by molar-refractivity contribution is 8.00.